The van der Waals surface area contributed by atoms with Crippen LogP contribution in [0.2, 0.25) is 0 Å². The molecule has 2 rings (SSSR count). The van der Waals surface area contributed by atoms with E-state index < -0.39 is 10.0 Å². The van der Waals surface area contributed by atoms with Crippen molar-refractivity contribution in [1.29, 1.82) is 0 Å². The van der Waals surface area contributed by atoms with Crippen molar-refractivity contribution in [2.75, 3.05) is 17.6 Å². The zero-order chi connectivity index (χ0) is 14.8. The molecule has 5 heteroatoms. The van der Waals surface area contributed by atoms with Gasteiger partial charge in [0.15, 0.2) is 0 Å². The predicted octanol–water partition coefficient (Wildman–Crippen LogP) is 3.54. The number of rotatable bonds is 4. The quantitative estimate of drug-likeness (QED) is 0.811. The lowest BCUT2D eigenvalue weighted by Gasteiger charge is -2.19. The van der Waals surface area contributed by atoms with Crippen molar-refractivity contribution >= 4 is 27.5 Å². The molecular formula is C15H17NO2S2. The van der Waals surface area contributed by atoms with Crippen molar-refractivity contribution in [1.82, 2.24) is 0 Å². The van der Waals surface area contributed by atoms with Crippen molar-refractivity contribution < 1.29 is 8.42 Å². The lowest BCUT2D eigenvalue weighted by atomic mass is 10.2. The van der Waals surface area contributed by atoms with Crippen LogP contribution in [0.15, 0.2) is 58.3 Å². The summed E-state index contributed by atoms with van der Waals surface area (Å²) in [6, 6.07) is 14.3. The maximum atomic E-state index is 12.5. The van der Waals surface area contributed by atoms with E-state index in [0.717, 1.165) is 10.5 Å². The summed E-state index contributed by atoms with van der Waals surface area (Å²) in [4.78, 5) is 1.35. The van der Waals surface area contributed by atoms with Crippen LogP contribution in [0.1, 0.15) is 5.56 Å². The molecule has 0 bridgehead atoms. The Balaban J connectivity index is 2.35. The Morgan fingerprint density at radius 3 is 2.00 bits per heavy atom. The Morgan fingerprint density at radius 1 is 0.950 bits per heavy atom. The second-order valence-corrected chi connectivity index (χ2v) is 7.33. The Bertz CT molecular complexity index is 677. The molecule has 0 saturated carbocycles. The molecule has 0 amide bonds. The number of nitrogens with zero attached hydrogens (tertiary/aromatic N) is 1. The van der Waals surface area contributed by atoms with Gasteiger partial charge in [-0.15, -0.1) is 11.8 Å². The van der Waals surface area contributed by atoms with Crippen molar-refractivity contribution in [2.24, 2.45) is 0 Å². The lowest BCUT2D eigenvalue weighted by molar-refractivity contribution is 0.594. The molecular weight excluding hydrogens is 290 g/mol. The molecule has 106 valence electrons. The van der Waals surface area contributed by atoms with Crippen LogP contribution in [0.25, 0.3) is 0 Å². The van der Waals surface area contributed by atoms with Gasteiger partial charge in [-0.05, 0) is 49.6 Å². The van der Waals surface area contributed by atoms with Gasteiger partial charge in [-0.1, -0.05) is 17.7 Å². The number of anilines is 1. The number of thioether (sulfide) groups is 1. The maximum Gasteiger partial charge on any atom is 0.264 e. The fraction of sp³-hybridized carbons (Fsp3) is 0.200. The van der Waals surface area contributed by atoms with Crippen LogP contribution >= 0.6 is 11.8 Å². The molecule has 0 spiro atoms. The minimum atomic E-state index is -3.51. The molecule has 3 nitrogen and oxygen atoms in total. The molecule has 0 N–H and O–H groups in total. The van der Waals surface area contributed by atoms with E-state index in [1.54, 1.807) is 30.9 Å². The summed E-state index contributed by atoms with van der Waals surface area (Å²) >= 11 is 1.59. The first-order valence-corrected chi connectivity index (χ1v) is 8.81. The smallest absolute Gasteiger partial charge is 0.264 e. The summed E-state index contributed by atoms with van der Waals surface area (Å²) in [5, 5.41) is 0. The van der Waals surface area contributed by atoms with Gasteiger partial charge in [0.1, 0.15) is 0 Å². The molecule has 0 saturated heterocycles. The first-order valence-electron chi connectivity index (χ1n) is 6.15. The molecule has 2 aromatic rings. The van der Waals surface area contributed by atoms with E-state index in [2.05, 4.69) is 0 Å². The van der Waals surface area contributed by atoms with Crippen LogP contribution in [0.4, 0.5) is 5.69 Å². The fourth-order valence-electron chi connectivity index (χ4n) is 1.80. The number of aryl methyl sites for hydroxylation is 1. The SMILES string of the molecule is CSc1ccc(S(=O)(=O)N(C)c2ccc(C)cc2)cc1. The highest BCUT2D eigenvalue weighted by Gasteiger charge is 2.20. The standard InChI is InChI=1S/C15H17NO2S2/c1-12-4-6-13(7-5-12)16(2)20(17,18)15-10-8-14(19-3)9-11-15/h4-11H,1-3H3. The van der Waals surface area contributed by atoms with E-state index in [1.165, 1.54) is 4.31 Å². The first kappa shape index (κ1) is 14.9. The van der Waals surface area contributed by atoms with Crippen LogP contribution in [0.5, 0.6) is 0 Å². The van der Waals surface area contributed by atoms with Gasteiger partial charge >= 0.3 is 0 Å². The third-order valence-corrected chi connectivity index (χ3v) is 5.66. The molecule has 0 aliphatic heterocycles. The predicted molar refractivity (Wildman–Crippen MR) is 85.0 cm³/mol. The minimum absolute atomic E-state index is 0.304. The van der Waals surface area contributed by atoms with Crippen LogP contribution < -0.4 is 4.31 Å². The van der Waals surface area contributed by atoms with E-state index in [0.29, 0.717) is 10.6 Å². The Morgan fingerprint density at radius 2 is 1.50 bits per heavy atom. The minimum Gasteiger partial charge on any atom is -0.269 e. The number of hydrogen-bond donors (Lipinski definition) is 0. The third kappa shape index (κ3) is 2.99. The number of benzene rings is 2. The van der Waals surface area contributed by atoms with E-state index in [-0.39, 0.29) is 0 Å². The van der Waals surface area contributed by atoms with Crippen molar-refractivity contribution in [2.45, 2.75) is 16.7 Å². The highest BCUT2D eigenvalue weighted by molar-refractivity contribution is 7.98. The number of hydrogen-bond acceptors (Lipinski definition) is 3. The molecule has 0 aromatic heterocycles. The molecule has 0 heterocycles. The van der Waals surface area contributed by atoms with Gasteiger partial charge < -0.3 is 0 Å². The molecule has 0 unspecified atom stereocenters. The fourth-order valence-corrected chi connectivity index (χ4v) is 3.40. The largest absolute Gasteiger partial charge is 0.269 e. The highest BCUT2D eigenvalue weighted by atomic mass is 32.2. The summed E-state index contributed by atoms with van der Waals surface area (Å²) in [5.74, 6) is 0. The van der Waals surface area contributed by atoms with Gasteiger partial charge in [-0.2, -0.15) is 0 Å². The Hall–Kier alpha value is -1.46. The van der Waals surface area contributed by atoms with Crippen molar-refractivity contribution in [3.63, 3.8) is 0 Å². The van der Waals surface area contributed by atoms with E-state index in [4.69, 9.17) is 0 Å². The van der Waals surface area contributed by atoms with Gasteiger partial charge in [0.2, 0.25) is 0 Å². The summed E-state index contributed by atoms with van der Waals surface area (Å²) in [6.07, 6.45) is 1.96. The van der Waals surface area contributed by atoms with Crippen molar-refractivity contribution in [3.8, 4) is 0 Å². The normalized spacial score (nSPS) is 11.3. The molecule has 20 heavy (non-hydrogen) atoms. The van der Waals surface area contributed by atoms with Crippen LogP contribution in [-0.4, -0.2) is 21.7 Å². The van der Waals surface area contributed by atoms with Gasteiger partial charge in [-0.3, -0.25) is 4.31 Å². The van der Waals surface area contributed by atoms with Gasteiger partial charge in [0.05, 0.1) is 10.6 Å². The van der Waals surface area contributed by atoms with Gasteiger partial charge in [-0.25, -0.2) is 8.42 Å². The second kappa shape index (κ2) is 5.89. The average molecular weight is 307 g/mol. The van der Waals surface area contributed by atoms with Gasteiger partial charge in [0.25, 0.3) is 10.0 Å². The Labute approximate surface area is 124 Å². The monoisotopic (exact) mass is 307 g/mol. The molecule has 0 radical (unpaired) electrons. The summed E-state index contributed by atoms with van der Waals surface area (Å²) in [6.45, 7) is 1.97. The van der Waals surface area contributed by atoms with E-state index >= 15 is 0 Å². The zero-order valence-electron chi connectivity index (χ0n) is 11.7. The highest BCUT2D eigenvalue weighted by Crippen LogP contribution is 2.24. The molecule has 0 fully saturated rings. The Kier molecular flexibility index (Phi) is 4.40. The summed E-state index contributed by atoms with van der Waals surface area (Å²) in [5.41, 5.74) is 1.76. The maximum absolute atomic E-state index is 12.5. The second-order valence-electron chi connectivity index (χ2n) is 4.48. The summed E-state index contributed by atoms with van der Waals surface area (Å²) < 4.78 is 26.4. The molecule has 0 aliphatic carbocycles. The lowest BCUT2D eigenvalue weighted by Crippen LogP contribution is -2.26. The molecule has 0 atom stereocenters. The van der Waals surface area contributed by atoms with Gasteiger partial charge in [0, 0.05) is 11.9 Å². The van der Waals surface area contributed by atoms with Crippen LogP contribution in [0.3, 0.4) is 0 Å². The zero-order valence-corrected chi connectivity index (χ0v) is 13.3. The average Bonchev–Trinajstić information content (AvgIpc) is 2.47. The van der Waals surface area contributed by atoms with Crippen molar-refractivity contribution in [3.05, 3.63) is 54.1 Å². The van der Waals surface area contributed by atoms with E-state index in [1.807, 2.05) is 49.6 Å². The third-order valence-electron chi connectivity index (χ3n) is 3.12. The van der Waals surface area contributed by atoms with Crippen LogP contribution in [-0.2, 0) is 10.0 Å². The number of sulfonamides is 1. The molecule has 2 aromatic carbocycles. The molecule has 0 aliphatic rings. The first-order chi connectivity index (χ1) is 9.45. The van der Waals surface area contributed by atoms with E-state index in [9.17, 15) is 8.42 Å². The summed E-state index contributed by atoms with van der Waals surface area (Å²) in [7, 11) is -1.93. The van der Waals surface area contributed by atoms with Crippen LogP contribution in [0, 0.1) is 6.92 Å². The topological polar surface area (TPSA) is 37.4 Å².